The molecule has 1 saturated heterocycles. The van der Waals surface area contributed by atoms with E-state index in [-0.39, 0.29) is 11.7 Å². The van der Waals surface area contributed by atoms with Crippen molar-refractivity contribution in [3.63, 3.8) is 0 Å². The van der Waals surface area contributed by atoms with E-state index >= 15 is 0 Å². The lowest BCUT2D eigenvalue weighted by atomic mass is 10.1. The molecule has 0 bridgehead atoms. The van der Waals surface area contributed by atoms with Crippen LogP contribution >= 0.6 is 0 Å². The Labute approximate surface area is 87.1 Å². The highest BCUT2D eigenvalue weighted by atomic mass is 16.2. The highest BCUT2D eigenvalue weighted by molar-refractivity contribution is 5.93. The number of carbonyl (C=O) groups is 2. The molecule has 0 saturated carbocycles. The van der Waals surface area contributed by atoms with Gasteiger partial charge in [-0.3, -0.25) is 14.6 Å². The Bertz CT molecular complexity index is 368. The minimum Gasteiger partial charge on any atom is -0.336 e. The first-order valence-corrected chi connectivity index (χ1v) is 4.84. The van der Waals surface area contributed by atoms with Gasteiger partial charge in [-0.2, -0.15) is 0 Å². The number of aromatic nitrogens is 2. The van der Waals surface area contributed by atoms with E-state index in [2.05, 4.69) is 9.97 Å². The number of rotatable bonds is 1. The maximum absolute atomic E-state index is 11.8. The van der Waals surface area contributed by atoms with Crippen LogP contribution in [0.1, 0.15) is 23.3 Å². The van der Waals surface area contributed by atoms with E-state index in [0.29, 0.717) is 31.6 Å². The van der Waals surface area contributed by atoms with Crippen LogP contribution in [0.25, 0.3) is 0 Å². The molecule has 1 aliphatic rings. The molecule has 78 valence electrons. The molecule has 1 aromatic rings. The number of likely N-dealkylation sites (tertiary alicyclic amines) is 1. The van der Waals surface area contributed by atoms with Crippen molar-refractivity contribution in [3.05, 3.63) is 24.3 Å². The van der Waals surface area contributed by atoms with Crippen LogP contribution in [0.4, 0.5) is 0 Å². The second-order valence-electron chi connectivity index (χ2n) is 3.42. The van der Waals surface area contributed by atoms with Crippen LogP contribution in [0, 0.1) is 0 Å². The molecule has 0 unspecified atom stereocenters. The number of carbonyl (C=O) groups excluding carboxylic acids is 2. The van der Waals surface area contributed by atoms with Crippen LogP contribution in [-0.2, 0) is 4.79 Å². The minimum atomic E-state index is -0.143. The Morgan fingerprint density at radius 3 is 2.60 bits per heavy atom. The average Bonchev–Trinajstić information content (AvgIpc) is 2.30. The van der Waals surface area contributed by atoms with E-state index in [1.54, 1.807) is 4.90 Å². The van der Waals surface area contributed by atoms with Gasteiger partial charge in [-0.1, -0.05) is 0 Å². The van der Waals surface area contributed by atoms with Crippen LogP contribution in [0.2, 0.25) is 0 Å². The highest BCUT2D eigenvalue weighted by Gasteiger charge is 2.22. The summed E-state index contributed by atoms with van der Waals surface area (Å²) >= 11 is 0. The normalized spacial score (nSPS) is 16.5. The van der Waals surface area contributed by atoms with Gasteiger partial charge in [0.2, 0.25) is 0 Å². The lowest BCUT2D eigenvalue weighted by Crippen LogP contribution is -2.38. The molecule has 0 atom stereocenters. The van der Waals surface area contributed by atoms with Crippen LogP contribution in [0.5, 0.6) is 0 Å². The fraction of sp³-hybridized carbons (Fsp3) is 0.400. The zero-order valence-electron chi connectivity index (χ0n) is 8.22. The number of nitrogens with zero attached hydrogens (tertiary/aromatic N) is 3. The molecular weight excluding hydrogens is 194 g/mol. The summed E-state index contributed by atoms with van der Waals surface area (Å²) in [5, 5.41) is 0. The molecule has 1 aliphatic heterocycles. The summed E-state index contributed by atoms with van der Waals surface area (Å²) in [6, 6.07) is 0. The van der Waals surface area contributed by atoms with Crippen molar-refractivity contribution < 1.29 is 9.59 Å². The Hall–Kier alpha value is -1.78. The Morgan fingerprint density at radius 1 is 1.27 bits per heavy atom. The van der Waals surface area contributed by atoms with Gasteiger partial charge in [0, 0.05) is 38.3 Å². The van der Waals surface area contributed by atoms with E-state index in [0.717, 1.165) is 0 Å². The maximum atomic E-state index is 11.8. The summed E-state index contributed by atoms with van der Waals surface area (Å²) in [4.78, 5) is 32.2. The molecule has 5 heteroatoms. The number of piperidine rings is 1. The average molecular weight is 205 g/mol. The molecule has 2 heterocycles. The minimum absolute atomic E-state index is 0.143. The van der Waals surface area contributed by atoms with Crippen molar-refractivity contribution in [1.29, 1.82) is 0 Å². The molecule has 1 aromatic heterocycles. The summed E-state index contributed by atoms with van der Waals surface area (Å²) in [6.07, 6.45) is 5.36. The summed E-state index contributed by atoms with van der Waals surface area (Å²) in [6.45, 7) is 0.989. The first kappa shape index (κ1) is 9.76. The third kappa shape index (κ3) is 2.18. The predicted octanol–water partition coefficient (Wildman–Crippen LogP) is 0.282. The monoisotopic (exact) mass is 205 g/mol. The number of amides is 1. The molecule has 0 N–H and O–H groups in total. The fourth-order valence-corrected chi connectivity index (χ4v) is 1.53. The summed E-state index contributed by atoms with van der Waals surface area (Å²) in [7, 11) is 0. The van der Waals surface area contributed by atoms with E-state index in [1.807, 2.05) is 0 Å². The Balaban J connectivity index is 2.06. The van der Waals surface area contributed by atoms with Gasteiger partial charge in [-0.15, -0.1) is 0 Å². The Morgan fingerprint density at radius 2 is 2.00 bits per heavy atom. The van der Waals surface area contributed by atoms with E-state index in [1.165, 1.54) is 18.6 Å². The number of ketones is 1. The van der Waals surface area contributed by atoms with Gasteiger partial charge >= 0.3 is 0 Å². The maximum Gasteiger partial charge on any atom is 0.274 e. The molecular formula is C10H11N3O2. The fourth-order valence-electron chi connectivity index (χ4n) is 1.53. The van der Waals surface area contributed by atoms with Crippen molar-refractivity contribution >= 4 is 11.7 Å². The van der Waals surface area contributed by atoms with Crippen molar-refractivity contribution in [2.45, 2.75) is 12.8 Å². The van der Waals surface area contributed by atoms with E-state index in [9.17, 15) is 9.59 Å². The van der Waals surface area contributed by atoms with Gasteiger partial charge < -0.3 is 4.90 Å². The SMILES string of the molecule is O=C1CCN(C(=O)c2cnccn2)CC1. The van der Waals surface area contributed by atoms with Gasteiger partial charge in [0.15, 0.2) is 0 Å². The molecule has 0 aromatic carbocycles. The summed E-state index contributed by atoms with van der Waals surface area (Å²) < 4.78 is 0. The molecule has 0 aliphatic carbocycles. The van der Waals surface area contributed by atoms with Gasteiger partial charge in [-0.05, 0) is 0 Å². The zero-order valence-corrected chi connectivity index (χ0v) is 8.22. The molecule has 15 heavy (non-hydrogen) atoms. The van der Waals surface area contributed by atoms with E-state index in [4.69, 9.17) is 0 Å². The topological polar surface area (TPSA) is 63.2 Å². The number of Topliss-reactive ketones (excluding diaryl/α,β-unsaturated/α-hetero) is 1. The van der Waals surface area contributed by atoms with Crippen LogP contribution in [0.15, 0.2) is 18.6 Å². The third-order valence-corrected chi connectivity index (χ3v) is 2.39. The van der Waals surface area contributed by atoms with Gasteiger partial charge in [-0.25, -0.2) is 4.98 Å². The molecule has 5 nitrogen and oxygen atoms in total. The summed E-state index contributed by atoms with van der Waals surface area (Å²) in [5.74, 6) is 0.0776. The Kier molecular flexibility index (Phi) is 2.71. The quantitative estimate of drug-likeness (QED) is 0.660. The van der Waals surface area contributed by atoms with Crippen LogP contribution in [-0.4, -0.2) is 39.6 Å². The van der Waals surface area contributed by atoms with Crippen LogP contribution in [0.3, 0.4) is 0 Å². The molecule has 0 spiro atoms. The smallest absolute Gasteiger partial charge is 0.274 e. The molecule has 2 rings (SSSR count). The first-order valence-electron chi connectivity index (χ1n) is 4.84. The molecule has 0 radical (unpaired) electrons. The van der Waals surface area contributed by atoms with E-state index < -0.39 is 0 Å². The van der Waals surface area contributed by atoms with Crippen molar-refractivity contribution in [1.82, 2.24) is 14.9 Å². The summed E-state index contributed by atoms with van der Waals surface area (Å²) in [5.41, 5.74) is 0.340. The first-order chi connectivity index (χ1) is 7.27. The number of hydrogen-bond donors (Lipinski definition) is 0. The number of hydrogen-bond acceptors (Lipinski definition) is 4. The predicted molar refractivity (Wildman–Crippen MR) is 52.2 cm³/mol. The third-order valence-electron chi connectivity index (χ3n) is 2.39. The van der Waals surface area contributed by atoms with Gasteiger partial charge in [0.25, 0.3) is 5.91 Å². The zero-order chi connectivity index (χ0) is 10.7. The van der Waals surface area contributed by atoms with Crippen molar-refractivity contribution in [2.75, 3.05) is 13.1 Å². The van der Waals surface area contributed by atoms with Gasteiger partial charge in [0.05, 0.1) is 6.20 Å². The van der Waals surface area contributed by atoms with Crippen molar-refractivity contribution in [2.24, 2.45) is 0 Å². The largest absolute Gasteiger partial charge is 0.336 e. The second-order valence-corrected chi connectivity index (χ2v) is 3.42. The standard InChI is InChI=1S/C10H11N3O2/c14-8-1-5-13(6-2-8)10(15)9-7-11-3-4-12-9/h3-4,7H,1-2,5-6H2. The lowest BCUT2D eigenvalue weighted by molar-refractivity contribution is -0.120. The van der Waals surface area contributed by atoms with Crippen LogP contribution < -0.4 is 0 Å². The lowest BCUT2D eigenvalue weighted by Gasteiger charge is -2.25. The molecule has 1 amide bonds. The van der Waals surface area contributed by atoms with Gasteiger partial charge in [0.1, 0.15) is 11.5 Å². The van der Waals surface area contributed by atoms with Crippen molar-refractivity contribution in [3.8, 4) is 0 Å². The molecule has 1 fully saturated rings. The second kappa shape index (κ2) is 4.16. The highest BCUT2D eigenvalue weighted by Crippen LogP contribution is 2.08.